The van der Waals surface area contributed by atoms with Crippen molar-refractivity contribution in [2.45, 2.75) is 70.9 Å². The third-order valence-electron chi connectivity index (χ3n) is 4.13. The van der Waals surface area contributed by atoms with E-state index in [0.717, 1.165) is 51.6 Å². The van der Waals surface area contributed by atoms with Crippen molar-refractivity contribution >= 4 is 6.03 Å². The Labute approximate surface area is 134 Å². The lowest BCUT2D eigenvalue weighted by Gasteiger charge is -2.32. The predicted octanol–water partition coefficient (Wildman–Crippen LogP) is 2.46. The van der Waals surface area contributed by atoms with Crippen LogP contribution in [0.4, 0.5) is 4.79 Å². The van der Waals surface area contributed by atoms with Gasteiger partial charge in [0, 0.05) is 13.1 Å². The summed E-state index contributed by atoms with van der Waals surface area (Å²) in [6, 6.07) is -0.520. The summed E-state index contributed by atoms with van der Waals surface area (Å²) in [5.74, 6) is 0. The van der Waals surface area contributed by atoms with Crippen LogP contribution in [0.3, 0.4) is 0 Å². The molecule has 0 saturated carbocycles. The van der Waals surface area contributed by atoms with Gasteiger partial charge in [-0.15, -0.1) is 0 Å². The number of nitrogens with two attached hydrogens (primary N) is 1. The first kappa shape index (κ1) is 19.2. The van der Waals surface area contributed by atoms with Gasteiger partial charge in [-0.3, -0.25) is 9.74 Å². The predicted molar refractivity (Wildman–Crippen MR) is 87.0 cm³/mol. The third-order valence-corrected chi connectivity index (χ3v) is 4.13. The first-order chi connectivity index (χ1) is 10.6. The van der Waals surface area contributed by atoms with Gasteiger partial charge in [0.1, 0.15) is 6.23 Å². The number of unbranched alkanes of at least 4 members (excludes halogenated alkanes) is 4. The fourth-order valence-corrected chi connectivity index (χ4v) is 2.77. The number of hydrogen-bond donors (Lipinski definition) is 2. The monoisotopic (exact) mass is 315 g/mol. The van der Waals surface area contributed by atoms with Crippen molar-refractivity contribution in [3.8, 4) is 0 Å². The van der Waals surface area contributed by atoms with Gasteiger partial charge in [-0.1, -0.05) is 32.6 Å². The second-order valence-corrected chi connectivity index (χ2v) is 6.05. The van der Waals surface area contributed by atoms with Gasteiger partial charge in [0.2, 0.25) is 0 Å². The number of hydrogen-bond acceptors (Lipinski definition) is 4. The molecule has 2 amide bonds. The topological polar surface area (TPSA) is 79.0 Å². The van der Waals surface area contributed by atoms with Gasteiger partial charge in [-0.25, -0.2) is 9.86 Å². The number of carbonyl (C=O) groups is 1. The number of aliphatic hydroxyl groups excluding tert-OH is 1. The van der Waals surface area contributed by atoms with Crippen molar-refractivity contribution in [2.24, 2.45) is 5.73 Å². The third kappa shape index (κ3) is 7.96. The molecule has 0 bridgehead atoms. The number of urea groups is 1. The highest BCUT2D eigenvalue weighted by molar-refractivity contribution is 5.70. The molecule has 0 radical (unpaired) electrons. The van der Waals surface area contributed by atoms with Crippen LogP contribution in [0.5, 0.6) is 0 Å². The molecule has 0 aliphatic carbocycles. The van der Waals surface area contributed by atoms with E-state index in [1.165, 1.54) is 24.3 Å². The fourth-order valence-electron chi connectivity index (χ4n) is 2.77. The van der Waals surface area contributed by atoms with Crippen LogP contribution in [0, 0.1) is 0 Å². The van der Waals surface area contributed by atoms with Gasteiger partial charge < -0.3 is 10.8 Å². The van der Waals surface area contributed by atoms with Gasteiger partial charge in [0.05, 0.1) is 13.2 Å². The lowest BCUT2D eigenvalue weighted by Crippen LogP contribution is -2.41. The second kappa shape index (κ2) is 11.7. The number of rotatable bonds is 11. The van der Waals surface area contributed by atoms with E-state index in [0.29, 0.717) is 13.2 Å². The molecule has 6 heteroatoms. The Morgan fingerprint density at radius 1 is 1.27 bits per heavy atom. The van der Waals surface area contributed by atoms with Gasteiger partial charge in [0.25, 0.3) is 0 Å². The molecule has 1 rings (SSSR count). The molecule has 1 aliphatic rings. The van der Waals surface area contributed by atoms with Crippen LogP contribution in [0.25, 0.3) is 0 Å². The van der Waals surface area contributed by atoms with Crippen LogP contribution in [0.15, 0.2) is 0 Å². The Kier molecular flexibility index (Phi) is 10.2. The highest BCUT2D eigenvalue weighted by atomic mass is 16.7. The summed E-state index contributed by atoms with van der Waals surface area (Å²) in [7, 11) is 0. The Hall–Kier alpha value is -0.850. The highest BCUT2D eigenvalue weighted by Crippen LogP contribution is 2.14. The van der Waals surface area contributed by atoms with Gasteiger partial charge in [-0.2, -0.15) is 0 Å². The van der Waals surface area contributed by atoms with E-state index in [4.69, 9.17) is 10.6 Å². The molecule has 0 aromatic heterocycles. The normalized spacial score (nSPS) is 19.3. The molecule has 1 aliphatic heterocycles. The van der Waals surface area contributed by atoms with Crippen LogP contribution in [-0.4, -0.2) is 53.6 Å². The zero-order chi connectivity index (χ0) is 16.2. The minimum absolute atomic E-state index is 0.320. The number of primary amides is 1. The van der Waals surface area contributed by atoms with Crippen molar-refractivity contribution in [1.29, 1.82) is 0 Å². The molecule has 22 heavy (non-hydrogen) atoms. The lowest BCUT2D eigenvalue weighted by molar-refractivity contribution is -0.120. The Morgan fingerprint density at radius 2 is 2.05 bits per heavy atom. The van der Waals surface area contributed by atoms with Crippen molar-refractivity contribution in [1.82, 2.24) is 9.96 Å². The van der Waals surface area contributed by atoms with E-state index >= 15 is 0 Å². The Bertz CT molecular complexity index is 302. The Morgan fingerprint density at radius 3 is 2.73 bits per heavy atom. The first-order valence-electron chi connectivity index (χ1n) is 8.77. The fraction of sp³-hybridized carbons (Fsp3) is 0.938. The van der Waals surface area contributed by atoms with E-state index in [9.17, 15) is 9.90 Å². The molecule has 6 nitrogen and oxygen atoms in total. The molecular formula is C16H33N3O3. The van der Waals surface area contributed by atoms with Crippen LogP contribution in [0.2, 0.25) is 0 Å². The highest BCUT2D eigenvalue weighted by Gasteiger charge is 2.19. The van der Waals surface area contributed by atoms with E-state index in [1.807, 2.05) is 0 Å². The zero-order valence-electron chi connectivity index (χ0n) is 14.0. The minimum atomic E-state index is -0.520. The molecule has 1 fully saturated rings. The van der Waals surface area contributed by atoms with Crippen LogP contribution in [-0.2, 0) is 4.84 Å². The Balaban J connectivity index is 2.11. The van der Waals surface area contributed by atoms with Crippen molar-refractivity contribution in [3.63, 3.8) is 0 Å². The van der Waals surface area contributed by atoms with Crippen molar-refractivity contribution in [3.05, 3.63) is 0 Å². The van der Waals surface area contributed by atoms with Crippen LogP contribution >= 0.6 is 0 Å². The number of aliphatic hydroxyl groups is 1. The first-order valence-corrected chi connectivity index (χ1v) is 8.77. The second-order valence-electron chi connectivity index (χ2n) is 6.05. The van der Waals surface area contributed by atoms with Crippen LogP contribution in [0.1, 0.15) is 64.7 Å². The lowest BCUT2D eigenvalue weighted by atomic mass is 10.1. The number of piperidine rings is 1. The van der Waals surface area contributed by atoms with Gasteiger partial charge >= 0.3 is 6.03 Å². The summed E-state index contributed by atoms with van der Waals surface area (Å²) in [6.07, 6.45) is 9.21. The molecule has 1 heterocycles. The molecule has 0 aromatic rings. The van der Waals surface area contributed by atoms with Crippen LogP contribution < -0.4 is 5.73 Å². The SMILES string of the molecule is CCCCCCCN(OCCCN1CCCCC1O)C(N)=O. The smallest absolute Gasteiger partial charge is 0.338 e. The maximum atomic E-state index is 11.3. The van der Waals surface area contributed by atoms with E-state index in [2.05, 4.69) is 11.8 Å². The summed E-state index contributed by atoms with van der Waals surface area (Å²) in [5, 5.41) is 11.1. The molecule has 1 saturated heterocycles. The maximum absolute atomic E-state index is 11.3. The molecule has 130 valence electrons. The summed E-state index contributed by atoms with van der Waals surface area (Å²) >= 11 is 0. The number of hydroxylamine groups is 2. The van der Waals surface area contributed by atoms with E-state index < -0.39 is 6.03 Å². The maximum Gasteiger partial charge on any atom is 0.338 e. The minimum Gasteiger partial charge on any atom is -0.378 e. The quantitative estimate of drug-likeness (QED) is 0.453. The molecule has 1 atom stereocenters. The molecule has 0 aromatic carbocycles. The number of carbonyl (C=O) groups excluding carboxylic acids is 1. The molecule has 1 unspecified atom stereocenters. The zero-order valence-corrected chi connectivity index (χ0v) is 14.0. The average molecular weight is 315 g/mol. The summed E-state index contributed by atoms with van der Waals surface area (Å²) in [6.45, 7) is 4.94. The summed E-state index contributed by atoms with van der Waals surface area (Å²) in [5.41, 5.74) is 5.34. The molecule has 3 N–H and O–H groups in total. The standard InChI is InChI=1S/C16H33N3O3/c1-2-3-4-5-7-13-19(16(17)21)22-14-9-12-18-11-8-6-10-15(18)20/h15,20H,2-14H2,1H3,(H2,17,21). The molecular weight excluding hydrogens is 282 g/mol. The number of amides is 2. The van der Waals surface area contributed by atoms with E-state index in [1.54, 1.807) is 0 Å². The summed E-state index contributed by atoms with van der Waals surface area (Å²) in [4.78, 5) is 18.9. The van der Waals surface area contributed by atoms with Gasteiger partial charge in [-0.05, 0) is 32.1 Å². The van der Waals surface area contributed by atoms with Crippen molar-refractivity contribution in [2.75, 3.05) is 26.2 Å². The van der Waals surface area contributed by atoms with E-state index in [-0.39, 0.29) is 6.23 Å². The average Bonchev–Trinajstić information content (AvgIpc) is 2.50. The number of likely N-dealkylation sites (tertiary alicyclic amines) is 1. The number of nitrogens with zero attached hydrogens (tertiary/aromatic N) is 2. The van der Waals surface area contributed by atoms with Crippen molar-refractivity contribution < 1.29 is 14.7 Å². The van der Waals surface area contributed by atoms with Gasteiger partial charge in [0.15, 0.2) is 0 Å². The largest absolute Gasteiger partial charge is 0.378 e. The summed E-state index contributed by atoms with van der Waals surface area (Å²) < 4.78 is 0. The molecule has 0 spiro atoms.